The van der Waals surface area contributed by atoms with Crippen LogP contribution >= 0.6 is 11.6 Å². The van der Waals surface area contributed by atoms with E-state index in [9.17, 15) is 16.8 Å². The normalized spacial score (nSPS) is 15.9. The van der Waals surface area contributed by atoms with Crippen molar-refractivity contribution in [1.29, 1.82) is 0 Å². The molecule has 0 radical (unpaired) electrons. The van der Waals surface area contributed by atoms with Crippen LogP contribution < -0.4 is 4.90 Å². The van der Waals surface area contributed by atoms with E-state index in [1.54, 1.807) is 44.4 Å². The summed E-state index contributed by atoms with van der Waals surface area (Å²) in [6.45, 7) is 3.07. The van der Waals surface area contributed by atoms with Gasteiger partial charge in [0.1, 0.15) is 0 Å². The SMILES string of the molecule is CC[C@@H](CN(C)S(=O)(=O)c1ccc(N(C)C)cc1)CN(C)S(=O)(=O)N1CCc2cc(Cl)ccc2C1. The maximum Gasteiger partial charge on any atom is 0.282 e. The maximum absolute atomic E-state index is 13.3. The fourth-order valence-electron chi connectivity index (χ4n) is 4.22. The molecule has 0 amide bonds. The average Bonchev–Trinajstić information content (AvgIpc) is 2.82. The fraction of sp³-hybridized carbons (Fsp3) is 0.500. The predicted octanol–water partition coefficient (Wildman–Crippen LogP) is 3.29. The lowest BCUT2D eigenvalue weighted by Gasteiger charge is -2.33. The summed E-state index contributed by atoms with van der Waals surface area (Å²) in [5.74, 6) is -0.161. The molecule has 1 atom stereocenters. The van der Waals surface area contributed by atoms with Gasteiger partial charge in [0.25, 0.3) is 10.2 Å². The van der Waals surface area contributed by atoms with Gasteiger partial charge in [0.05, 0.1) is 4.90 Å². The smallest absolute Gasteiger partial charge is 0.282 e. The number of fused-ring (bicyclic) bond motifs is 1. The summed E-state index contributed by atoms with van der Waals surface area (Å²) in [7, 11) is -0.499. The van der Waals surface area contributed by atoms with Gasteiger partial charge in [-0.1, -0.05) is 31.0 Å². The number of benzene rings is 2. The van der Waals surface area contributed by atoms with Gasteiger partial charge in [0.15, 0.2) is 0 Å². The number of halogens is 1. The molecule has 0 unspecified atom stereocenters. The number of sulfonamides is 1. The van der Waals surface area contributed by atoms with Gasteiger partial charge < -0.3 is 4.90 Å². The minimum atomic E-state index is -3.70. The van der Waals surface area contributed by atoms with Crippen LogP contribution in [-0.2, 0) is 33.2 Å². The van der Waals surface area contributed by atoms with Gasteiger partial charge >= 0.3 is 0 Å². The molecule has 11 heteroatoms. The van der Waals surface area contributed by atoms with Crippen molar-refractivity contribution in [1.82, 2.24) is 12.9 Å². The van der Waals surface area contributed by atoms with Crippen LogP contribution in [0.25, 0.3) is 0 Å². The Balaban J connectivity index is 1.67. The van der Waals surface area contributed by atoms with Gasteiger partial charge in [-0.25, -0.2) is 12.7 Å². The lowest BCUT2D eigenvalue weighted by molar-refractivity contribution is 0.293. The van der Waals surface area contributed by atoms with E-state index in [1.165, 1.54) is 12.9 Å². The molecule has 0 saturated carbocycles. The molecular formula is C24H35ClN4O4S2. The van der Waals surface area contributed by atoms with Crippen LogP contribution in [0.5, 0.6) is 0 Å². The molecule has 0 aromatic heterocycles. The Kier molecular flexibility index (Phi) is 8.88. The monoisotopic (exact) mass is 542 g/mol. The molecule has 3 rings (SSSR count). The minimum absolute atomic E-state index is 0.161. The summed E-state index contributed by atoms with van der Waals surface area (Å²) in [6.07, 6.45) is 1.24. The van der Waals surface area contributed by atoms with Crippen LogP contribution in [0.3, 0.4) is 0 Å². The third kappa shape index (κ3) is 6.36. The molecule has 0 N–H and O–H groups in total. The largest absolute Gasteiger partial charge is 0.378 e. The quantitative estimate of drug-likeness (QED) is 0.460. The first-order valence-electron chi connectivity index (χ1n) is 11.6. The minimum Gasteiger partial charge on any atom is -0.378 e. The van der Waals surface area contributed by atoms with Crippen LogP contribution in [-0.4, -0.2) is 77.6 Å². The zero-order valence-electron chi connectivity index (χ0n) is 21.0. The van der Waals surface area contributed by atoms with Gasteiger partial charge in [0.2, 0.25) is 10.0 Å². The van der Waals surface area contributed by atoms with E-state index in [1.807, 2.05) is 38.1 Å². The number of nitrogens with zero attached hydrogens (tertiary/aromatic N) is 4. The van der Waals surface area contributed by atoms with Crippen molar-refractivity contribution in [2.75, 3.05) is 52.7 Å². The lowest BCUT2D eigenvalue weighted by atomic mass is 10.0. The molecule has 2 aromatic carbocycles. The third-order valence-corrected chi connectivity index (χ3v) is 10.5. The second kappa shape index (κ2) is 11.1. The lowest BCUT2D eigenvalue weighted by Crippen LogP contribution is -2.46. The molecule has 194 valence electrons. The van der Waals surface area contributed by atoms with Crippen LogP contribution in [0.15, 0.2) is 47.4 Å². The van der Waals surface area contributed by atoms with Crippen molar-refractivity contribution < 1.29 is 16.8 Å². The van der Waals surface area contributed by atoms with E-state index in [0.717, 1.165) is 16.8 Å². The number of rotatable bonds is 10. The van der Waals surface area contributed by atoms with E-state index in [4.69, 9.17) is 11.6 Å². The molecule has 8 nitrogen and oxygen atoms in total. The Labute approximate surface area is 215 Å². The second-order valence-corrected chi connectivity index (χ2v) is 13.7. The first kappa shape index (κ1) is 27.9. The van der Waals surface area contributed by atoms with Gasteiger partial charge in [0, 0.05) is 65.1 Å². The Morgan fingerprint density at radius 2 is 1.54 bits per heavy atom. The Hall–Kier alpha value is -1.69. The highest BCUT2D eigenvalue weighted by Gasteiger charge is 2.32. The van der Waals surface area contributed by atoms with Crippen molar-refractivity contribution in [3.8, 4) is 0 Å². The number of hydrogen-bond acceptors (Lipinski definition) is 5. The Morgan fingerprint density at radius 1 is 0.914 bits per heavy atom. The zero-order valence-corrected chi connectivity index (χ0v) is 23.4. The van der Waals surface area contributed by atoms with Crippen LogP contribution in [0.2, 0.25) is 5.02 Å². The van der Waals surface area contributed by atoms with Crippen molar-refractivity contribution in [2.45, 2.75) is 31.2 Å². The molecule has 0 saturated heterocycles. The van der Waals surface area contributed by atoms with Gasteiger partial charge in [-0.2, -0.15) is 17.0 Å². The van der Waals surface area contributed by atoms with Crippen molar-refractivity contribution >= 4 is 37.5 Å². The van der Waals surface area contributed by atoms with Gasteiger partial charge in [-0.15, -0.1) is 0 Å². The topological polar surface area (TPSA) is 81.2 Å². The first-order chi connectivity index (χ1) is 16.4. The van der Waals surface area contributed by atoms with Crippen LogP contribution in [0.4, 0.5) is 5.69 Å². The standard InChI is InChI=1S/C24H35ClN4O4S2/c1-6-19(16-27(4)34(30,31)24-11-9-23(10-12-24)26(2)3)17-28(5)35(32,33)29-14-13-20-15-22(25)8-7-21(20)18-29/h7-12,15,19H,6,13-14,16-18H2,1-5H3/t19-/m0/s1. The Bertz CT molecular complexity index is 1230. The summed E-state index contributed by atoms with van der Waals surface area (Å²) >= 11 is 6.07. The molecular weight excluding hydrogens is 508 g/mol. The number of hydrogen-bond donors (Lipinski definition) is 0. The van der Waals surface area contributed by atoms with E-state index in [0.29, 0.717) is 31.0 Å². The van der Waals surface area contributed by atoms with Gasteiger partial charge in [-0.3, -0.25) is 0 Å². The predicted molar refractivity (Wildman–Crippen MR) is 141 cm³/mol. The molecule has 1 heterocycles. The van der Waals surface area contributed by atoms with Crippen LogP contribution in [0.1, 0.15) is 24.5 Å². The molecule has 0 spiro atoms. The molecule has 1 aliphatic heterocycles. The first-order valence-corrected chi connectivity index (χ1v) is 14.8. The van der Waals surface area contributed by atoms with Crippen molar-refractivity contribution in [3.63, 3.8) is 0 Å². The summed E-state index contributed by atoms with van der Waals surface area (Å²) < 4.78 is 56.9. The Morgan fingerprint density at radius 3 is 2.14 bits per heavy atom. The summed E-state index contributed by atoms with van der Waals surface area (Å²) in [4.78, 5) is 2.12. The van der Waals surface area contributed by atoms with E-state index in [-0.39, 0.29) is 23.9 Å². The molecule has 0 fully saturated rings. The summed E-state index contributed by atoms with van der Waals surface area (Å²) in [5, 5.41) is 0.649. The summed E-state index contributed by atoms with van der Waals surface area (Å²) in [5.41, 5.74) is 2.94. The van der Waals surface area contributed by atoms with Crippen LogP contribution in [0, 0.1) is 5.92 Å². The van der Waals surface area contributed by atoms with E-state index in [2.05, 4.69) is 0 Å². The molecule has 35 heavy (non-hydrogen) atoms. The highest BCUT2D eigenvalue weighted by Crippen LogP contribution is 2.26. The second-order valence-electron chi connectivity index (χ2n) is 9.23. The van der Waals surface area contributed by atoms with E-state index < -0.39 is 20.2 Å². The fourth-order valence-corrected chi connectivity index (χ4v) is 7.08. The molecule has 0 aliphatic carbocycles. The number of anilines is 1. The highest BCUT2D eigenvalue weighted by molar-refractivity contribution is 7.89. The maximum atomic E-state index is 13.3. The molecule has 2 aromatic rings. The third-order valence-electron chi connectivity index (χ3n) is 6.53. The van der Waals surface area contributed by atoms with Gasteiger partial charge in [-0.05, 0) is 59.9 Å². The average molecular weight is 543 g/mol. The zero-order chi connectivity index (χ0) is 26.0. The van der Waals surface area contributed by atoms with E-state index >= 15 is 0 Å². The highest BCUT2D eigenvalue weighted by atomic mass is 35.5. The molecule has 0 bridgehead atoms. The van der Waals surface area contributed by atoms with Crippen molar-refractivity contribution in [3.05, 3.63) is 58.6 Å². The van der Waals surface area contributed by atoms with Crippen molar-refractivity contribution in [2.24, 2.45) is 5.92 Å². The summed E-state index contributed by atoms with van der Waals surface area (Å²) in [6, 6.07) is 12.3. The molecule has 1 aliphatic rings.